The Labute approximate surface area is 91.3 Å². The molecular weight excluding hydrogens is 216 g/mol. The number of carbonyl (C=O) groups is 1. The third kappa shape index (κ3) is 8.38. The first kappa shape index (κ1) is 14.4. The molecule has 0 aromatic heterocycles. The van der Waals surface area contributed by atoms with E-state index in [2.05, 4.69) is 5.32 Å². The highest BCUT2D eigenvalue weighted by Gasteiger charge is 2.08. The van der Waals surface area contributed by atoms with Gasteiger partial charge in [-0.25, -0.2) is 8.42 Å². The maximum atomic E-state index is 11.2. The lowest BCUT2D eigenvalue weighted by Gasteiger charge is -2.06. The third-order valence-corrected chi connectivity index (χ3v) is 3.71. The lowest BCUT2D eigenvalue weighted by Crippen LogP contribution is -2.30. The van der Waals surface area contributed by atoms with E-state index in [1.165, 1.54) is 0 Å². The maximum Gasteiger partial charge on any atom is 0.220 e. The summed E-state index contributed by atoms with van der Waals surface area (Å²) in [6.07, 6.45) is 0.968. The fraction of sp³-hybridized carbons (Fsp3) is 0.889. The predicted molar refractivity (Wildman–Crippen MR) is 60.2 cm³/mol. The van der Waals surface area contributed by atoms with Gasteiger partial charge in [0.05, 0.1) is 5.75 Å². The topological polar surface area (TPSA) is 89.3 Å². The molecule has 15 heavy (non-hydrogen) atoms. The minimum atomic E-state index is -2.99. The number of amides is 1. The van der Waals surface area contributed by atoms with Gasteiger partial charge in [0.15, 0.2) is 9.84 Å². The molecule has 0 aromatic carbocycles. The zero-order chi connectivity index (χ0) is 11.9. The highest BCUT2D eigenvalue weighted by atomic mass is 32.2. The molecule has 0 saturated carbocycles. The molecule has 0 aliphatic rings. The van der Waals surface area contributed by atoms with E-state index < -0.39 is 9.84 Å². The molecule has 0 bridgehead atoms. The molecule has 6 heteroatoms. The van der Waals surface area contributed by atoms with Crippen molar-refractivity contribution in [2.45, 2.75) is 32.7 Å². The molecule has 1 atom stereocenters. The average molecular weight is 236 g/mol. The van der Waals surface area contributed by atoms with Gasteiger partial charge in [0.25, 0.3) is 0 Å². The summed E-state index contributed by atoms with van der Waals surface area (Å²) in [6, 6.07) is -0.00451. The molecule has 1 amide bonds. The van der Waals surface area contributed by atoms with Crippen molar-refractivity contribution in [1.82, 2.24) is 5.32 Å². The van der Waals surface area contributed by atoms with Gasteiger partial charge < -0.3 is 11.1 Å². The number of nitrogens with one attached hydrogen (secondary N) is 1. The Hall–Kier alpha value is -0.620. The molecule has 5 nitrogen and oxygen atoms in total. The zero-order valence-corrected chi connectivity index (χ0v) is 10.1. The van der Waals surface area contributed by atoms with Crippen molar-refractivity contribution < 1.29 is 13.2 Å². The molecule has 0 rings (SSSR count). The molecule has 0 aliphatic heterocycles. The number of rotatable bonds is 7. The lowest BCUT2D eigenvalue weighted by atomic mass is 10.2. The minimum absolute atomic E-state index is 0.00451. The first-order chi connectivity index (χ1) is 6.87. The van der Waals surface area contributed by atoms with Gasteiger partial charge in [-0.3, -0.25) is 4.79 Å². The Morgan fingerprint density at radius 3 is 2.53 bits per heavy atom. The second-order valence-electron chi connectivity index (χ2n) is 3.60. The molecule has 0 fully saturated rings. The van der Waals surface area contributed by atoms with E-state index in [1.54, 1.807) is 6.92 Å². The summed E-state index contributed by atoms with van der Waals surface area (Å²) in [5.41, 5.74) is 5.48. The van der Waals surface area contributed by atoms with Crippen molar-refractivity contribution in [2.24, 2.45) is 5.73 Å². The summed E-state index contributed by atoms with van der Waals surface area (Å²) in [7, 11) is -2.99. The van der Waals surface area contributed by atoms with Gasteiger partial charge in [0.2, 0.25) is 5.91 Å². The molecule has 1 unspecified atom stereocenters. The van der Waals surface area contributed by atoms with Crippen LogP contribution in [0, 0.1) is 0 Å². The van der Waals surface area contributed by atoms with Crippen molar-refractivity contribution in [3.63, 3.8) is 0 Å². The Kier molecular flexibility index (Phi) is 6.51. The van der Waals surface area contributed by atoms with Crippen LogP contribution in [0.3, 0.4) is 0 Å². The van der Waals surface area contributed by atoms with Gasteiger partial charge >= 0.3 is 0 Å². The van der Waals surface area contributed by atoms with E-state index in [-0.39, 0.29) is 30.0 Å². The normalized spacial score (nSPS) is 13.5. The summed E-state index contributed by atoms with van der Waals surface area (Å²) in [6.45, 7) is 3.61. The number of hydrogen-bond donors (Lipinski definition) is 2. The third-order valence-electron chi connectivity index (χ3n) is 2.00. The fourth-order valence-corrected chi connectivity index (χ4v) is 1.64. The van der Waals surface area contributed by atoms with Crippen LogP contribution in [0.1, 0.15) is 26.7 Å². The molecule has 90 valence electrons. The van der Waals surface area contributed by atoms with Crippen LogP contribution in [0.25, 0.3) is 0 Å². The van der Waals surface area contributed by atoms with Crippen LogP contribution in [0.4, 0.5) is 0 Å². The standard InChI is InChI=1S/C9H20N2O3S/c1-3-15(13,14)7-6-11-9(12)5-4-8(2)10/h8H,3-7,10H2,1-2H3,(H,11,12). The van der Waals surface area contributed by atoms with Gasteiger partial charge in [-0.15, -0.1) is 0 Å². The molecule has 0 spiro atoms. The van der Waals surface area contributed by atoms with Crippen molar-refractivity contribution in [1.29, 1.82) is 0 Å². The fourth-order valence-electron chi connectivity index (χ4n) is 0.937. The molecule has 0 aliphatic carbocycles. The Morgan fingerprint density at radius 2 is 2.07 bits per heavy atom. The monoisotopic (exact) mass is 236 g/mol. The predicted octanol–water partition coefficient (Wildman–Crippen LogP) is -0.335. The quantitative estimate of drug-likeness (QED) is 0.633. The highest BCUT2D eigenvalue weighted by Crippen LogP contribution is 1.93. The second-order valence-corrected chi connectivity index (χ2v) is 6.08. The van der Waals surface area contributed by atoms with Crippen LogP contribution in [0.5, 0.6) is 0 Å². The van der Waals surface area contributed by atoms with Crippen molar-refractivity contribution in [3.8, 4) is 0 Å². The number of sulfone groups is 1. The number of hydrogen-bond acceptors (Lipinski definition) is 4. The number of nitrogens with two attached hydrogens (primary N) is 1. The zero-order valence-electron chi connectivity index (χ0n) is 9.32. The maximum absolute atomic E-state index is 11.2. The first-order valence-corrected chi connectivity index (χ1v) is 6.92. The molecule has 0 heterocycles. The van der Waals surface area contributed by atoms with Gasteiger partial charge in [0.1, 0.15) is 0 Å². The van der Waals surface area contributed by atoms with Gasteiger partial charge in [-0.1, -0.05) is 6.92 Å². The first-order valence-electron chi connectivity index (χ1n) is 5.10. The van der Waals surface area contributed by atoms with E-state index in [0.717, 1.165) is 0 Å². The minimum Gasteiger partial charge on any atom is -0.355 e. The van der Waals surface area contributed by atoms with Crippen molar-refractivity contribution in [2.75, 3.05) is 18.1 Å². The van der Waals surface area contributed by atoms with Crippen LogP contribution in [-0.4, -0.2) is 38.4 Å². The van der Waals surface area contributed by atoms with Crippen LogP contribution >= 0.6 is 0 Å². The van der Waals surface area contributed by atoms with Crippen LogP contribution in [0.15, 0.2) is 0 Å². The Morgan fingerprint density at radius 1 is 1.47 bits per heavy atom. The summed E-state index contributed by atoms with van der Waals surface area (Å²) in [5.74, 6) is -0.0190. The molecular formula is C9H20N2O3S. The van der Waals surface area contributed by atoms with Crippen LogP contribution < -0.4 is 11.1 Å². The van der Waals surface area contributed by atoms with Gasteiger partial charge in [-0.05, 0) is 13.3 Å². The largest absolute Gasteiger partial charge is 0.355 e. The molecule has 0 aromatic rings. The van der Waals surface area contributed by atoms with Crippen molar-refractivity contribution in [3.05, 3.63) is 0 Å². The summed E-state index contributed by atoms with van der Waals surface area (Å²) >= 11 is 0. The summed E-state index contributed by atoms with van der Waals surface area (Å²) in [5, 5.41) is 2.55. The Balaban J connectivity index is 3.65. The van der Waals surface area contributed by atoms with Crippen LogP contribution in [-0.2, 0) is 14.6 Å². The van der Waals surface area contributed by atoms with Gasteiger partial charge in [0, 0.05) is 24.8 Å². The SMILES string of the molecule is CCS(=O)(=O)CCNC(=O)CCC(C)N. The summed E-state index contributed by atoms with van der Waals surface area (Å²) in [4.78, 5) is 11.2. The highest BCUT2D eigenvalue weighted by molar-refractivity contribution is 7.91. The lowest BCUT2D eigenvalue weighted by molar-refractivity contribution is -0.121. The van der Waals surface area contributed by atoms with Crippen molar-refractivity contribution >= 4 is 15.7 Å². The van der Waals surface area contributed by atoms with Crippen LogP contribution in [0.2, 0.25) is 0 Å². The second kappa shape index (κ2) is 6.79. The van der Waals surface area contributed by atoms with E-state index in [9.17, 15) is 13.2 Å². The van der Waals surface area contributed by atoms with Gasteiger partial charge in [-0.2, -0.15) is 0 Å². The Bertz CT molecular complexity index is 286. The van der Waals surface area contributed by atoms with E-state index in [4.69, 9.17) is 5.73 Å². The molecule has 0 saturated heterocycles. The van der Waals surface area contributed by atoms with E-state index in [0.29, 0.717) is 12.8 Å². The van der Waals surface area contributed by atoms with E-state index in [1.807, 2.05) is 6.92 Å². The molecule has 3 N–H and O–H groups in total. The average Bonchev–Trinajstić information content (AvgIpc) is 2.14. The smallest absolute Gasteiger partial charge is 0.220 e. The van der Waals surface area contributed by atoms with E-state index >= 15 is 0 Å². The molecule has 0 radical (unpaired) electrons. The summed E-state index contributed by atoms with van der Waals surface area (Å²) < 4.78 is 22.2. The number of carbonyl (C=O) groups excluding carboxylic acids is 1.